The van der Waals surface area contributed by atoms with Crippen LogP contribution >= 0.6 is 0 Å². The fourth-order valence-electron chi connectivity index (χ4n) is 1.67. The molecule has 0 amide bonds. The molecule has 100 valence electrons. The van der Waals surface area contributed by atoms with Gasteiger partial charge in [0.25, 0.3) is 5.69 Å². The standard InChI is InChI=1S/C13H20N2O3/c1-4-12(16)8-14-10(3)11-6-5-9(2)13(7-11)15(17)18/h5-7,10,12,14,16H,4,8H2,1-3H3. The van der Waals surface area contributed by atoms with Crippen LogP contribution < -0.4 is 5.32 Å². The summed E-state index contributed by atoms with van der Waals surface area (Å²) in [5, 5.41) is 23.5. The molecular formula is C13H20N2O3. The third kappa shape index (κ3) is 3.78. The van der Waals surface area contributed by atoms with Crippen molar-refractivity contribution in [2.75, 3.05) is 6.54 Å². The van der Waals surface area contributed by atoms with Crippen molar-refractivity contribution < 1.29 is 10.0 Å². The molecule has 1 aromatic rings. The second-order valence-electron chi connectivity index (χ2n) is 4.50. The summed E-state index contributed by atoms with van der Waals surface area (Å²) in [6.07, 6.45) is 0.307. The molecule has 2 atom stereocenters. The summed E-state index contributed by atoms with van der Waals surface area (Å²) in [6, 6.07) is 5.19. The van der Waals surface area contributed by atoms with Gasteiger partial charge in [-0.1, -0.05) is 19.1 Å². The van der Waals surface area contributed by atoms with E-state index in [0.717, 1.165) is 5.56 Å². The fraction of sp³-hybridized carbons (Fsp3) is 0.538. The molecule has 2 unspecified atom stereocenters. The summed E-state index contributed by atoms with van der Waals surface area (Å²) < 4.78 is 0. The normalized spacial score (nSPS) is 14.2. The minimum absolute atomic E-state index is 0.0227. The second kappa shape index (κ2) is 6.47. The molecule has 0 aliphatic heterocycles. The highest BCUT2D eigenvalue weighted by molar-refractivity contribution is 5.43. The molecule has 0 aliphatic carbocycles. The Morgan fingerprint density at radius 3 is 2.72 bits per heavy atom. The Labute approximate surface area is 107 Å². The Kier molecular flexibility index (Phi) is 5.25. The Bertz CT molecular complexity index is 421. The van der Waals surface area contributed by atoms with Crippen molar-refractivity contribution in [3.63, 3.8) is 0 Å². The summed E-state index contributed by atoms with van der Waals surface area (Å²) in [7, 11) is 0. The van der Waals surface area contributed by atoms with Crippen LogP contribution in [0.4, 0.5) is 5.69 Å². The number of hydrogen-bond acceptors (Lipinski definition) is 4. The van der Waals surface area contributed by atoms with E-state index in [-0.39, 0.29) is 22.8 Å². The van der Waals surface area contributed by atoms with E-state index in [4.69, 9.17) is 0 Å². The summed E-state index contributed by atoms with van der Waals surface area (Å²) in [5.41, 5.74) is 1.65. The molecule has 18 heavy (non-hydrogen) atoms. The highest BCUT2D eigenvalue weighted by Gasteiger charge is 2.14. The van der Waals surface area contributed by atoms with Gasteiger partial charge in [0, 0.05) is 24.2 Å². The van der Waals surface area contributed by atoms with E-state index in [1.807, 2.05) is 19.9 Å². The van der Waals surface area contributed by atoms with Crippen LogP contribution in [0.1, 0.15) is 37.4 Å². The van der Waals surface area contributed by atoms with Crippen molar-refractivity contribution in [2.45, 2.75) is 39.3 Å². The van der Waals surface area contributed by atoms with Gasteiger partial charge < -0.3 is 10.4 Å². The van der Waals surface area contributed by atoms with Gasteiger partial charge in [0.2, 0.25) is 0 Å². The second-order valence-corrected chi connectivity index (χ2v) is 4.50. The highest BCUT2D eigenvalue weighted by atomic mass is 16.6. The minimum Gasteiger partial charge on any atom is -0.392 e. The number of aryl methyl sites for hydroxylation is 1. The number of rotatable bonds is 6. The third-order valence-corrected chi connectivity index (χ3v) is 3.06. The number of hydrogen-bond donors (Lipinski definition) is 2. The van der Waals surface area contributed by atoms with E-state index >= 15 is 0 Å². The van der Waals surface area contributed by atoms with Gasteiger partial charge in [-0.25, -0.2) is 0 Å². The van der Waals surface area contributed by atoms with Gasteiger partial charge in [0.05, 0.1) is 11.0 Å². The van der Waals surface area contributed by atoms with Gasteiger partial charge in [0.1, 0.15) is 0 Å². The Morgan fingerprint density at radius 2 is 2.17 bits per heavy atom. The maximum atomic E-state index is 10.9. The number of nitro benzene ring substituents is 1. The topological polar surface area (TPSA) is 75.4 Å². The number of nitro groups is 1. The molecule has 2 N–H and O–H groups in total. The van der Waals surface area contributed by atoms with Gasteiger partial charge in [0.15, 0.2) is 0 Å². The molecule has 0 aromatic heterocycles. The molecule has 0 saturated carbocycles. The van der Waals surface area contributed by atoms with Gasteiger partial charge in [-0.2, -0.15) is 0 Å². The summed E-state index contributed by atoms with van der Waals surface area (Å²) in [6.45, 7) is 6.05. The zero-order valence-corrected chi connectivity index (χ0v) is 11.0. The summed E-state index contributed by atoms with van der Waals surface area (Å²) >= 11 is 0. The molecular weight excluding hydrogens is 232 g/mol. The summed E-state index contributed by atoms with van der Waals surface area (Å²) in [4.78, 5) is 10.5. The lowest BCUT2D eigenvalue weighted by Crippen LogP contribution is -2.28. The van der Waals surface area contributed by atoms with E-state index in [2.05, 4.69) is 5.32 Å². The lowest BCUT2D eigenvalue weighted by Gasteiger charge is -2.16. The molecule has 0 radical (unpaired) electrons. The van der Waals surface area contributed by atoms with Crippen LogP contribution in [0, 0.1) is 17.0 Å². The first kappa shape index (κ1) is 14.6. The van der Waals surface area contributed by atoms with Crippen LogP contribution in [0.3, 0.4) is 0 Å². The van der Waals surface area contributed by atoms with Crippen molar-refractivity contribution in [1.29, 1.82) is 0 Å². The number of nitrogens with one attached hydrogen (secondary N) is 1. The average Bonchev–Trinajstić information content (AvgIpc) is 2.35. The van der Waals surface area contributed by atoms with Crippen LogP contribution in [0.25, 0.3) is 0 Å². The average molecular weight is 252 g/mol. The van der Waals surface area contributed by atoms with E-state index in [1.165, 1.54) is 0 Å². The van der Waals surface area contributed by atoms with Crippen LogP contribution in [0.15, 0.2) is 18.2 Å². The first-order chi connectivity index (χ1) is 8.45. The van der Waals surface area contributed by atoms with Crippen LogP contribution in [-0.2, 0) is 0 Å². The van der Waals surface area contributed by atoms with Crippen molar-refractivity contribution >= 4 is 5.69 Å². The lowest BCUT2D eigenvalue weighted by molar-refractivity contribution is -0.385. The predicted octanol–water partition coefficient (Wildman–Crippen LogP) is 2.32. The van der Waals surface area contributed by atoms with Crippen LogP contribution in [0.5, 0.6) is 0 Å². The van der Waals surface area contributed by atoms with Gasteiger partial charge in [-0.3, -0.25) is 10.1 Å². The molecule has 1 aromatic carbocycles. The number of benzene rings is 1. The van der Waals surface area contributed by atoms with Crippen molar-refractivity contribution in [3.8, 4) is 0 Å². The molecule has 1 rings (SSSR count). The molecule has 0 fully saturated rings. The molecule has 5 nitrogen and oxygen atoms in total. The molecule has 0 saturated heterocycles. The van der Waals surface area contributed by atoms with Crippen molar-refractivity contribution in [3.05, 3.63) is 39.4 Å². The van der Waals surface area contributed by atoms with Gasteiger partial charge >= 0.3 is 0 Å². The molecule has 5 heteroatoms. The SMILES string of the molecule is CCC(O)CNC(C)c1ccc(C)c([N+](=O)[O-])c1. The number of nitrogens with zero attached hydrogens (tertiary/aromatic N) is 1. The first-order valence-electron chi connectivity index (χ1n) is 6.12. The third-order valence-electron chi connectivity index (χ3n) is 3.06. The number of aliphatic hydroxyl groups excluding tert-OH is 1. The van der Waals surface area contributed by atoms with E-state index in [9.17, 15) is 15.2 Å². The van der Waals surface area contributed by atoms with Gasteiger partial charge in [-0.15, -0.1) is 0 Å². The maximum Gasteiger partial charge on any atom is 0.272 e. The maximum absolute atomic E-state index is 10.9. The fourth-order valence-corrected chi connectivity index (χ4v) is 1.67. The molecule has 0 bridgehead atoms. The minimum atomic E-state index is -0.382. The molecule has 0 spiro atoms. The Hall–Kier alpha value is -1.46. The monoisotopic (exact) mass is 252 g/mol. The van der Waals surface area contributed by atoms with Gasteiger partial charge in [-0.05, 0) is 25.8 Å². The van der Waals surface area contributed by atoms with Crippen molar-refractivity contribution in [2.24, 2.45) is 0 Å². The largest absolute Gasteiger partial charge is 0.392 e. The first-order valence-corrected chi connectivity index (χ1v) is 6.12. The zero-order chi connectivity index (χ0) is 13.7. The zero-order valence-electron chi connectivity index (χ0n) is 11.0. The smallest absolute Gasteiger partial charge is 0.272 e. The van der Waals surface area contributed by atoms with E-state index < -0.39 is 0 Å². The molecule has 0 aliphatic rings. The quantitative estimate of drug-likeness (QED) is 0.602. The Morgan fingerprint density at radius 1 is 1.50 bits per heavy atom. The van der Waals surface area contributed by atoms with Crippen LogP contribution in [-0.4, -0.2) is 22.7 Å². The lowest BCUT2D eigenvalue weighted by atomic mass is 10.0. The Balaban J connectivity index is 2.77. The number of aliphatic hydroxyl groups is 1. The van der Waals surface area contributed by atoms with E-state index in [1.54, 1.807) is 19.1 Å². The highest BCUT2D eigenvalue weighted by Crippen LogP contribution is 2.23. The predicted molar refractivity (Wildman–Crippen MR) is 70.5 cm³/mol. The molecule has 0 heterocycles. The van der Waals surface area contributed by atoms with Crippen LogP contribution in [0.2, 0.25) is 0 Å². The summed E-state index contributed by atoms with van der Waals surface area (Å²) in [5.74, 6) is 0. The van der Waals surface area contributed by atoms with E-state index in [0.29, 0.717) is 18.5 Å². The van der Waals surface area contributed by atoms with Crippen molar-refractivity contribution in [1.82, 2.24) is 5.32 Å².